The van der Waals surface area contributed by atoms with Crippen molar-refractivity contribution in [3.63, 3.8) is 0 Å². The van der Waals surface area contributed by atoms with Crippen molar-refractivity contribution in [3.05, 3.63) is 96.1 Å². The highest BCUT2D eigenvalue weighted by Crippen LogP contribution is 2.42. The van der Waals surface area contributed by atoms with Gasteiger partial charge in [-0.05, 0) is 46.3 Å². The molecule has 0 radical (unpaired) electrons. The average molecular weight is 365 g/mol. The Morgan fingerprint density at radius 3 is 2.32 bits per heavy atom. The SMILES string of the molecule is COc1ccc(-c2ccc3c4c(cccc24)C(=O)N3Cc2ccccc2)cc1. The number of hydrogen-bond acceptors (Lipinski definition) is 2. The fourth-order valence-corrected chi connectivity index (χ4v) is 3.99. The van der Waals surface area contributed by atoms with Crippen LogP contribution in [-0.2, 0) is 6.54 Å². The molecule has 0 spiro atoms. The second-order valence-corrected chi connectivity index (χ2v) is 6.97. The average Bonchev–Trinajstić information content (AvgIpc) is 3.02. The number of nitrogens with zero attached hydrogens (tertiary/aromatic N) is 1. The van der Waals surface area contributed by atoms with E-state index in [0.717, 1.165) is 44.5 Å². The highest BCUT2D eigenvalue weighted by atomic mass is 16.5. The largest absolute Gasteiger partial charge is 0.497 e. The Balaban J connectivity index is 1.64. The van der Waals surface area contributed by atoms with Crippen LogP contribution in [0.4, 0.5) is 5.69 Å². The van der Waals surface area contributed by atoms with E-state index in [0.29, 0.717) is 6.54 Å². The maximum Gasteiger partial charge on any atom is 0.259 e. The minimum atomic E-state index is 0.0660. The lowest BCUT2D eigenvalue weighted by molar-refractivity contribution is 0.0991. The summed E-state index contributed by atoms with van der Waals surface area (Å²) in [6.45, 7) is 0.575. The van der Waals surface area contributed by atoms with Crippen molar-refractivity contribution in [2.24, 2.45) is 0 Å². The molecule has 0 saturated carbocycles. The topological polar surface area (TPSA) is 29.5 Å². The fourth-order valence-electron chi connectivity index (χ4n) is 3.99. The zero-order chi connectivity index (χ0) is 19.1. The van der Waals surface area contributed by atoms with E-state index >= 15 is 0 Å². The van der Waals surface area contributed by atoms with Gasteiger partial charge in [0.05, 0.1) is 19.3 Å². The minimum Gasteiger partial charge on any atom is -0.497 e. The van der Waals surface area contributed by atoms with Gasteiger partial charge in [-0.2, -0.15) is 0 Å². The van der Waals surface area contributed by atoms with Gasteiger partial charge in [-0.25, -0.2) is 0 Å². The van der Waals surface area contributed by atoms with Crippen LogP contribution in [0.1, 0.15) is 15.9 Å². The molecule has 0 aliphatic carbocycles. The standard InChI is InChI=1S/C25H19NO2/c1-28-19-12-10-18(11-13-19)20-14-15-23-24-21(20)8-5-9-22(24)25(27)26(23)16-17-6-3-2-4-7-17/h2-15H,16H2,1H3. The Labute approximate surface area is 163 Å². The van der Waals surface area contributed by atoms with E-state index in [1.54, 1.807) is 7.11 Å². The van der Waals surface area contributed by atoms with Gasteiger partial charge in [-0.3, -0.25) is 4.79 Å². The Kier molecular flexibility index (Phi) is 3.87. The van der Waals surface area contributed by atoms with Crippen molar-refractivity contribution < 1.29 is 9.53 Å². The van der Waals surface area contributed by atoms with Gasteiger partial charge in [0.25, 0.3) is 5.91 Å². The third-order valence-electron chi connectivity index (χ3n) is 5.37. The second kappa shape index (κ2) is 6.54. The molecule has 0 fully saturated rings. The zero-order valence-corrected chi connectivity index (χ0v) is 15.6. The molecular formula is C25H19NO2. The smallest absolute Gasteiger partial charge is 0.259 e. The van der Waals surface area contributed by atoms with E-state index in [4.69, 9.17) is 4.74 Å². The summed E-state index contributed by atoms with van der Waals surface area (Å²) in [5.41, 5.74) is 5.11. The summed E-state index contributed by atoms with van der Waals surface area (Å²) in [5, 5.41) is 2.14. The lowest BCUT2D eigenvalue weighted by Crippen LogP contribution is -2.25. The van der Waals surface area contributed by atoms with E-state index in [1.807, 2.05) is 47.4 Å². The molecule has 3 nitrogen and oxygen atoms in total. The monoisotopic (exact) mass is 365 g/mol. The number of hydrogen-bond donors (Lipinski definition) is 0. The molecule has 1 aliphatic rings. The number of anilines is 1. The normalized spacial score (nSPS) is 12.6. The molecule has 0 saturated heterocycles. The first-order chi connectivity index (χ1) is 13.8. The maximum atomic E-state index is 13.1. The quantitative estimate of drug-likeness (QED) is 0.466. The van der Waals surface area contributed by atoms with E-state index in [1.165, 1.54) is 0 Å². The van der Waals surface area contributed by atoms with Gasteiger partial charge in [0.1, 0.15) is 5.75 Å². The summed E-state index contributed by atoms with van der Waals surface area (Å²) >= 11 is 0. The van der Waals surface area contributed by atoms with Crippen molar-refractivity contribution in [2.45, 2.75) is 6.54 Å². The molecule has 1 amide bonds. The first-order valence-electron chi connectivity index (χ1n) is 9.32. The van der Waals surface area contributed by atoms with Gasteiger partial charge in [0.2, 0.25) is 0 Å². The summed E-state index contributed by atoms with van der Waals surface area (Å²) in [5.74, 6) is 0.898. The third-order valence-corrected chi connectivity index (χ3v) is 5.37. The summed E-state index contributed by atoms with van der Waals surface area (Å²) in [4.78, 5) is 15.0. The first kappa shape index (κ1) is 16.6. The van der Waals surface area contributed by atoms with E-state index < -0.39 is 0 Å². The molecule has 1 heterocycles. The summed E-state index contributed by atoms with van der Waals surface area (Å²) in [7, 11) is 1.67. The highest BCUT2D eigenvalue weighted by molar-refractivity contribution is 6.26. The lowest BCUT2D eigenvalue weighted by Gasteiger charge is -2.18. The van der Waals surface area contributed by atoms with Crippen molar-refractivity contribution in [2.75, 3.05) is 12.0 Å². The molecule has 0 N–H and O–H groups in total. The Bertz CT molecular complexity index is 1180. The van der Waals surface area contributed by atoms with E-state index in [-0.39, 0.29) is 5.91 Å². The molecule has 0 atom stereocenters. The van der Waals surface area contributed by atoms with Gasteiger partial charge in [-0.1, -0.05) is 60.7 Å². The third kappa shape index (κ3) is 2.55. The highest BCUT2D eigenvalue weighted by Gasteiger charge is 2.30. The zero-order valence-electron chi connectivity index (χ0n) is 15.6. The number of benzene rings is 4. The molecule has 3 heteroatoms. The predicted octanol–water partition coefficient (Wildman–Crippen LogP) is 5.68. The number of methoxy groups -OCH3 is 1. The second-order valence-electron chi connectivity index (χ2n) is 6.97. The fraction of sp³-hybridized carbons (Fsp3) is 0.0800. The van der Waals surface area contributed by atoms with Crippen LogP contribution >= 0.6 is 0 Å². The molecule has 4 aromatic rings. The van der Waals surface area contributed by atoms with Crippen LogP contribution in [0, 0.1) is 0 Å². The Morgan fingerprint density at radius 2 is 1.57 bits per heavy atom. The molecule has 4 aromatic carbocycles. The number of carbonyl (C=O) groups is 1. The van der Waals surface area contributed by atoms with Crippen LogP contribution in [0.2, 0.25) is 0 Å². The molecule has 136 valence electrons. The molecule has 5 rings (SSSR count). The van der Waals surface area contributed by atoms with Crippen LogP contribution < -0.4 is 9.64 Å². The van der Waals surface area contributed by atoms with Gasteiger partial charge < -0.3 is 9.64 Å². The van der Waals surface area contributed by atoms with Crippen molar-refractivity contribution in [1.29, 1.82) is 0 Å². The van der Waals surface area contributed by atoms with Crippen molar-refractivity contribution in [3.8, 4) is 16.9 Å². The van der Waals surface area contributed by atoms with Crippen LogP contribution in [0.15, 0.2) is 84.9 Å². The van der Waals surface area contributed by atoms with Crippen molar-refractivity contribution >= 4 is 22.4 Å². The first-order valence-corrected chi connectivity index (χ1v) is 9.32. The molecule has 0 aromatic heterocycles. The number of rotatable bonds is 4. The minimum absolute atomic E-state index is 0.0660. The van der Waals surface area contributed by atoms with Gasteiger partial charge >= 0.3 is 0 Å². The van der Waals surface area contributed by atoms with Crippen LogP contribution in [0.5, 0.6) is 5.75 Å². The van der Waals surface area contributed by atoms with Crippen molar-refractivity contribution in [1.82, 2.24) is 0 Å². The number of amides is 1. The molecule has 0 unspecified atom stereocenters. The lowest BCUT2D eigenvalue weighted by atomic mass is 9.96. The Morgan fingerprint density at radius 1 is 0.786 bits per heavy atom. The van der Waals surface area contributed by atoms with Crippen LogP contribution in [0.3, 0.4) is 0 Å². The van der Waals surface area contributed by atoms with E-state index in [2.05, 4.69) is 42.5 Å². The number of carbonyl (C=O) groups excluding carboxylic acids is 1. The predicted molar refractivity (Wildman–Crippen MR) is 113 cm³/mol. The summed E-state index contributed by atoms with van der Waals surface area (Å²) < 4.78 is 5.27. The van der Waals surface area contributed by atoms with Crippen LogP contribution in [-0.4, -0.2) is 13.0 Å². The Hall–Kier alpha value is -3.59. The van der Waals surface area contributed by atoms with Crippen LogP contribution in [0.25, 0.3) is 21.9 Å². The molecular weight excluding hydrogens is 346 g/mol. The van der Waals surface area contributed by atoms with Gasteiger partial charge in [-0.15, -0.1) is 0 Å². The molecule has 0 bridgehead atoms. The summed E-state index contributed by atoms with van der Waals surface area (Å²) in [6.07, 6.45) is 0. The molecule has 28 heavy (non-hydrogen) atoms. The van der Waals surface area contributed by atoms with Gasteiger partial charge in [0, 0.05) is 10.9 Å². The summed E-state index contributed by atoms with van der Waals surface area (Å²) in [6, 6.07) is 28.3. The van der Waals surface area contributed by atoms with E-state index in [9.17, 15) is 4.79 Å². The number of ether oxygens (including phenoxy) is 1. The van der Waals surface area contributed by atoms with Gasteiger partial charge in [0.15, 0.2) is 0 Å². The molecule has 1 aliphatic heterocycles. The maximum absolute atomic E-state index is 13.1.